The van der Waals surface area contributed by atoms with E-state index in [-0.39, 0.29) is 44.4 Å². The molecule has 0 spiro atoms. The number of rotatable bonds is 7. The van der Waals surface area contributed by atoms with Gasteiger partial charge in [-0.15, -0.1) is 0 Å². The highest BCUT2D eigenvalue weighted by molar-refractivity contribution is 5.75. The van der Waals surface area contributed by atoms with Crippen LogP contribution in [0, 0.1) is 0 Å². The van der Waals surface area contributed by atoms with Crippen molar-refractivity contribution in [2.24, 2.45) is 0 Å². The Morgan fingerprint density at radius 1 is 0.526 bits per heavy atom. The highest BCUT2D eigenvalue weighted by atomic mass is 16.4. The molecule has 0 saturated carbocycles. The summed E-state index contributed by atoms with van der Waals surface area (Å²) < 4.78 is 0. The first-order valence-corrected chi connectivity index (χ1v) is 4.63. The van der Waals surface area contributed by atoms with Crippen LogP contribution in [0.3, 0.4) is 0 Å². The van der Waals surface area contributed by atoms with Crippen molar-refractivity contribution < 1.29 is 39.6 Å². The molecule has 0 aliphatic carbocycles. The summed E-state index contributed by atoms with van der Waals surface area (Å²) in [6.07, 6.45) is -0.506. The molecule has 10 nitrogen and oxygen atoms in total. The van der Waals surface area contributed by atoms with Crippen molar-refractivity contribution in [3.05, 3.63) is 0 Å². The summed E-state index contributed by atoms with van der Waals surface area (Å²) in [6.45, 7) is 0. The van der Waals surface area contributed by atoms with Gasteiger partial charge in [-0.1, -0.05) is 0 Å². The molecule has 0 rings (SSSR count). The van der Waals surface area contributed by atoms with Crippen LogP contribution in [0.4, 0.5) is 0 Å². The molecule has 0 radical (unpaired) electrons. The van der Waals surface area contributed by atoms with E-state index in [2.05, 4.69) is 0 Å². The number of hydrogen-bond donors (Lipinski definition) is 6. The van der Waals surface area contributed by atoms with E-state index in [1.54, 1.807) is 0 Å². The minimum atomic E-state index is -1.08. The zero-order valence-electron chi connectivity index (χ0n) is 10.4. The molecule has 0 aromatic rings. The maximum atomic E-state index is 9.79. The zero-order chi connectivity index (χ0) is 13.8. The van der Waals surface area contributed by atoms with Crippen molar-refractivity contribution in [2.75, 3.05) is 0 Å². The number of hydrogen-bond acceptors (Lipinski definition) is 6. The van der Waals surface area contributed by atoms with Gasteiger partial charge in [0.1, 0.15) is 0 Å². The van der Waals surface area contributed by atoms with Gasteiger partial charge in [-0.05, 0) is 6.42 Å². The lowest BCUT2D eigenvalue weighted by molar-refractivity contribution is -0.143. The molecule has 0 unspecified atom stereocenters. The van der Waals surface area contributed by atoms with Gasteiger partial charge in [0.25, 0.3) is 0 Å². The van der Waals surface area contributed by atoms with Gasteiger partial charge in [0.2, 0.25) is 0 Å². The predicted octanol–water partition coefficient (Wildman–Crippen LogP) is 0.586. The van der Waals surface area contributed by atoms with E-state index in [0.29, 0.717) is 0 Å². The summed E-state index contributed by atoms with van der Waals surface area (Å²) in [6, 6.07) is 0. The summed E-state index contributed by atoms with van der Waals surface area (Å²) in [5.74, 6) is -4.05. The van der Waals surface area contributed by atoms with Crippen LogP contribution in [0.5, 0.6) is 0 Å². The van der Waals surface area contributed by atoms with Crippen molar-refractivity contribution in [1.82, 2.24) is 12.3 Å². The smallest absolute Gasteiger partial charge is 0.303 e. The van der Waals surface area contributed by atoms with Gasteiger partial charge in [-0.3, -0.25) is 19.2 Å². The second-order valence-electron chi connectivity index (χ2n) is 2.93. The summed E-state index contributed by atoms with van der Waals surface area (Å²) in [7, 11) is 0. The Kier molecular flexibility index (Phi) is 21.3. The Labute approximate surface area is 109 Å². The fourth-order valence-corrected chi connectivity index (χ4v) is 0.605. The van der Waals surface area contributed by atoms with Crippen molar-refractivity contribution >= 4 is 23.9 Å². The summed E-state index contributed by atoms with van der Waals surface area (Å²) in [4.78, 5) is 38.9. The van der Waals surface area contributed by atoms with Crippen LogP contribution in [-0.2, 0) is 19.2 Å². The lowest BCUT2D eigenvalue weighted by Gasteiger charge is -1.89. The maximum absolute atomic E-state index is 9.79. The van der Waals surface area contributed by atoms with E-state index in [1.807, 2.05) is 0 Å². The minimum absolute atomic E-state index is 0. The summed E-state index contributed by atoms with van der Waals surface area (Å²) >= 11 is 0. The minimum Gasteiger partial charge on any atom is -0.481 e. The van der Waals surface area contributed by atoms with Gasteiger partial charge in [-0.25, -0.2) is 0 Å². The van der Waals surface area contributed by atoms with Gasteiger partial charge >= 0.3 is 23.9 Å². The molecule has 0 amide bonds. The number of aliphatic carboxylic acids is 4. The van der Waals surface area contributed by atoms with E-state index in [9.17, 15) is 19.2 Å². The molecule has 10 heteroatoms. The molecule has 19 heavy (non-hydrogen) atoms. The van der Waals surface area contributed by atoms with E-state index in [0.717, 1.165) is 0 Å². The molecule has 0 fully saturated rings. The fraction of sp³-hybridized carbons (Fsp3) is 0.556. The normalized spacial score (nSPS) is 7.79. The predicted molar refractivity (Wildman–Crippen MR) is 63.7 cm³/mol. The van der Waals surface area contributed by atoms with E-state index in [1.165, 1.54) is 0 Å². The third kappa shape index (κ3) is 38.9. The van der Waals surface area contributed by atoms with Gasteiger partial charge < -0.3 is 32.7 Å². The third-order valence-corrected chi connectivity index (χ3v) is 1.33. The molecular weight excluding hydrogens is 264 g/mol. The average molecular weight is 284 g/mol. The number of carboxylic acid groups (broad SMARTS) is 4. The molecule has 10 N–H and O–H groups in total. The standard InChI is InChI=1S/C5H8O4.C4H6O4.2H3N/c6-4(7)2-1-3-5(8)9;5-3(6)1-2-4(7)8;;/h1-3H2,(H,6,7)(H,8,9);1-2H2,(H,5,6)(H,7,8);2*1H3. The highest BCUT2D eigenvalue weighted by Crippen LogP contribution is 1.93. The summed E-state index contributed by atoms with van der Waals surface area (Å²) in [5, 5.41) is 31.9. The van der Waals surface area contributed by atoms with Gasteiger partial charge in [0.05, 0.1) is 12.8 Å². The van der Waals surface area contributed by atoms with E-state index >= 15 is 0 Å². The van der Waals surface area contributed by atoms with Crippen LogP contribution < -0.4 is 12.3 Å². The second-order valence-corrected chi connectivity index (χ2v) is 2.93. The first-order chi connectivity index (χ1) is 7.75. The Bertz CT molecular complexity index is 264. The van der Waals surface area contributed by atoms with Crippen molar-refractivity contribution in [3.8, 4) is 0 Å². The molecule has 0 atom stereocenters. The van der Waals surface area contributed by atoms with Crippen molar-refractivity contribution in [2.45, 2.75) is 32.1 Å². The third-order valence-electron chi connectivity index (χ3n) is 1.33. The van der Waals surface area contributed by atoms with Crippen LogP contribution >= 0.6 is 0 Å². The first kappa shape index (κ1) is 25.6. The molecule has 0 bridgehead atoms. The quantitative estimate of drug-likeness (QED) is 0.381. The average Bonchev–Trinajstić information content (AvgIpc) is 2.14. The van der Waals surface area contributed by atoms with Crippen LogP contribution in [0.25, 0.3) is 0 Å². The highest BCUT2D eigenvalue weighted by Gasteiger charge is 2.00. The molecule has 0 aliphatic rings. The fourth-order valence-electron chi connectivity index (χ4n) is 0.605. The Hall–Kier alpha value is -2.20. The lowest BCUT2D eigenvalue weighted by Crippen LogP contribution is -2.00. The van der Waals surface area contributed by atoms with Gasteiger partial charge in [0, 0.05) is 12.8 Å². The van der Waals surface area contributed by atoms with Crippen LogP contribution in [-0.4, -0.2) is 44.3 Å². The van der Waals surface area contributed by atoms with Crippen LogP contribution in [0.15, 0.2) is 0 Å². The largest absolute Gasteiger partial charge is 0.481 e. The van der Waals surface area contributed by atoms with E-state index < -0.39 is 23.9 Å². The maximum Gasteiger partial charge on any atom is 0.303 e. The Morgan fingerprint density at radius 2 is 0.737 bits per heavy atom. The summed E-state index contributed by atoms with van der Waals surface area (Å²) in [5.41, 5.74) is 0. The zero-order valence-corrected chi connectivity index (χ0v) is 10.4. The number of carbonyl (C=O) groups is 4. The molecule has 0 aromatic heterocycles. The topological polar surface area (TPSA) is 219 Å². The molecule has 0 aliphatic heterocycles. The molecular formula is C9H20N2O8. The Balaban J connectivity index is -0.000000108. The monoisotopic (exact) mass is 284 g/mol. The van der Waals surface area contributed by atoms with Gasteiger partial charge in [0.15, 0.2) is 0 Å². The SMILES string of the molecule is N.N.O=C(O)CCC(=O)O.O=C(O)CCCC(=O)O. The lowest BCUT2D eigenvalue weighted by atomic mass is 10.2. The molecule has 0 aromatic carbocycles. The van der Waals surface area contributed by atoms with E-state index in [4.69, 9.17) is 20.4 Å². The second kappa shape index (κ2) is 15.8. The van der Waals surface area contributed by atoms with Crippen molar-refractivity contribution in [1.29, 1.82) is 0 Å². The molecule has 0 heterocycles. The first-order valence-electron chi connectivity index (χ1n) is 4.63. The van der Waals surface area contributed by atoms with Crippen LogP contribution in [0.2, 0.25) is 0 Å². The van der Waals surface area contributed by atoms with Crippen molar-refractivity contribution in [3.63, 3.8) is 0 Å². The number of carboxylic acids is 4. The van der Waals surface area contributed by atoms with Crippen LogP contribution in [0.1, 0.15) is 32.1 Å². The van der Waals surface area contributed by atoms with Gasteiger partial charge in [-0.2, -0.15) is 0 Å². The Morgan fingerprint density at radius 3 is 0.895 bits per heavy atom. The molecule has 0 saturated heterocycles. The molecule has 114 valence electrons.